The van der Waals surface area contributed by atoms with Crippen molar-refractivity contribution in [1.82, 2.24) is 15.7 Å². The molecule has 0 radical (unpaired) electrons. The van der Waals surface area contributed by atoms with Gasteiger partial charge in [0, 0.05) is 7.05 Å². The average molecular weight is 321 g/mol. The van der Waals surface area contributed by atoms with E-state index in [1.165, 1.54) is 7.05 Å². The van der Waals surface area contributed by atoms with Crippen LogP contribution in [0, 0.1) is 5.92 Å². The van der Waals surface area contributed by atoms with E-state index in [1.54, 1.807) is 0 Å². The predicted octanol–water partition coefficient (Wildman–Crippen LogP) is 0.335. The molecule has 1 unspecified atom stereocenters. The second-order valence-corrected chi connectivity index (χ2v) is 5.19. The molecular formula is C16H23N3O4. The summed E-state index contributed by atoms with van der Waals surface area (Å²) in [5.74, 6) is -1.24. The van der Waals surface area contributed by atoms with Crippen molar-refractivity contribution in [2.75, 3.05) is 20.1 Å². The molecule has 0 aliphatic rings. The second kappa shape index (κ2) is 10.3. The molecular weight excluding hydrogens is 298 g/mol. The number of benzene rings is 1. The number of nitrogens with one attached hydrogen (secondary N) is 2. The molecule has 7 heteroatoms. The van der Waals surface area contributed by atoms with E-state index in [-0.39, 0.29) is 31.3 Å². The van der Waals surface area contributed by atoms with E-state index < -0.39 is 5.92 Å². The lowest BCUT2D eigenvalue weighted by atomic mass is 9.98. The number of hydrogen-bond acceptors (Lipinski definition) is 4. The highest BCUT2D eigenvalue weighted by Gasteiger charge is 2.21. The molecule has 1 rings (SSSR count). The van der Waals surface area contributed by atoms with Crippen molar-refractivity contribution in [2.45, 2.75) is 19.3 Å². The Kier molecular flexibility index (Phi) is 8.38. The molecule has 0 heterocycles. The Morgan fingerprint density at radius 3 is 2.61 bits per heavy atom. The number of carbonyl (C=O) groups excluding carboxylic acids is 3. The highest BCUT2D eigenvalue weighted by molar-refractivity contribution is 5.85. The van der Waals surface area contributed by atoms with E-state index in [0.29, 0.717) is 11.5 Å². The number of amides is 3. The van der Waals surface area contributed by atoms with Crippen molar-refractivity contribution >= 4 is 18.2 Å². The van der Waals surface area contributed by atoms with Gasteiger partial charge in [-0.05, 0) is 24.8 Å². The van der Waals surface area contributed by atoms with Gasteiger partial charge in [-0.1, -0.05) is 30.3 Å². The van der Waals surface area contributed by atoms with Crippen LogP contribution in [0.15, 0.2) is 30.3 Å². The summed E-state index contributed by atoms with van der Waals surface area (Å²) in [6.45, 7) is -0.227. The molecule has 0 saturated heterocycles. The average Bonchev–Trinajstić information content (AvgIpc) is 2.59. The Hall–Kier alpha value is -2.41. The molecule has 0 fully saturated rings. The molecule has 1 atom stereocenters. The van der Waals surface area contributed by atoms with E-state index in [0.717, 1.165) is 18.4 Å². The van der Waals surface area contributed by atoms with Crippen molar-refractivity contribution in [3.63, 3.8) is 0 Å². The van der Waals surface area contributed by atoms with Gasteiger partial charge in [-0.2, -0.15) is 0 Å². The molecule has 3 N–H and O–H groups in total. The van der Waals surface area contributed by atoms with Crippen molar-refractivity contribution in [1.29, 1.82) is 0 Å². The van der Waals surface area contributed by atoms with Gasteiger partial charge in [-0.25, -0.2) is 5.06 Å². The maximum Gasteiger partial charge on any atom is 0.239 e. The molecule has 23 heavy (non-hydrogen) atoms. The number of aryl methyl sites for hydroxylation is 1. The molecule has 0 spiro atoms. The van der Waals surface area contributed by atoms with Crippen LogP contribution < -0.4 is 10.6 Å². The molecule has 0 aliphatic heterocycles. The van der Waals surface area contributed by atoms with Gasteiger partial charge in [0.25, 0.3) is 0 Å². The van der Waals surface area contributed by atoms with Crippen LogP contribution in [0.25, 0.3) is 0 Å². The number of rotatable bonds is 10. The SMILES string of the molecule is CNC(=O)CNC(=O)C(CCCc1ccccc1)CN(O)C=O. The zero-order chi connectivity index (χ0) is 17.1. The van der Waals surface area contributed by atoms with Crippen LogP contribution in [-0.2, 0) is 20.8 Å². The van der Waals surface area contributed by atoms with Gasteiger partial charge in [0.05, 0.1) is 19.0 Å². The summed E-state index contributed by atoms with van der Waals surface area (Å²) in [4.78, 5) is 33.8. The minimum Gasteiger partial charge on any atom is -0.358 e. The number of hydroxylamine groups is 2. The lowest BCUT2D eigenvalue weighted by Crippen LogP contribution is -2.41. The molecule has 0 aliphatic carbocycles. The molecule has 0 bridgehead atoms. The Bertz CT molecular complexity index is 507. The highest BCUT2D eigenvalue weighted by Crippen LogP contribution is 2.12. The second-order valence-electron chi connectivity index (χ2n) is 5.19. The largest absolute Gasteiger partial charge is 0.358 e. The number of likely N-dealkylation sites (N-methyl/N-ethyl adjacent to an activating group) is 1. The quantitative estimate of drug-likeness (QED) is 0.329. The van der Waals surface area contributed by atoms with E-state index in [1.807, 2.05) is 30.3 Å². The van der Waals surface area contributed by atoms with Crippen LogP contribution in [0.5, 0.6) is 0 Å². The van der Waals surface area contributed by atoms with E-state index in [9.17, 15) is 19.6 Å². The fourth-order valence-corrected chi connectivity index (χ4v) is 2.17. The summed E-state index contributed by atoms with van der Waals surface area (Å²) in [5.41, 5.74) is 1.16. The fraction of sp³-hybridized carbons (Fsp3) is 0.438. The topological polar surface area (TPSA) is 98.7 Å². The van der Waals surface area contributed by atoms with E-state index >= 15 is 0 Å². The predicted molar refractivity (Wildman–Crippen MR) is 84.5 cm³/mol. The summed E-state index contributed by atoms with van der Waals surface area (Å²) in [7, 11) is 1.48. The Labute approximate surface area is 135 Å². The van der Waals surface area contributed by atoms with Crippen molar-refractivity contribution in [3.05, 3.63) is 35.9 Å². The first-order chi connectivity index (χ1) is 11.1. The highest BCUT2D eigenvalue weighted by atomic mass is 16.5. The van der Waals surface area contributed by atoms with Gasteiger partial charge in [0.1, 0.15) is 0 Å². The summed E-state index contributed by atoms with van der Waals surface area (Å²) >= 11 is 0. The monoisotopic (exact) mass is 321 g/mol. The third-order valence-corrected chi connectivity index (χ3v) is 3.46. The molecule has 3 amide bonds. The molecule has 1 aromatic carbocycles. The van der Waals surface area contributed by atoms with Crippen LogP contribution in [0.1, 0.15) is 18.4 Å². The van der Waals surface area contributed by atoms with Crippen LogP contribution >= 0.6 is 0 Å². The Morgan fingerprint density at radius 2 is 2.00 bits per heavy atom. The summed E-state index contributed by atoms with van der Waals surface area (Å²) in [6, 6.07) is 9.84. The molecule has 0 aromatic heterocycles. The first kappa shape index (κ1) is 18.6. The zero-order valence-electron chi connectivity index (χ0n) is 13.2. The maximum absolute atomic E-state index is 12.1. The van der Waals surface area contributed by atoms with Gasteiger partial charge in [0.2, 0.25) is 18.2 Å². The normalized spacial score (nSPS) is 11.4. The van der Waals surface area contributed by atoms with Gasteiger partial charge >= 0.3 is 0 Å². The first-order valence-corrected chi connectivity index (χ1v) is 7.49. The molecule has 126 valence electrons. The van der Waals surface area contributed by atoms with Crippen molar-refractivity contribution in [3.8, 4) is 0 Å². The number of carbonyl (C=O) groups is 3. The van der Waals surface area contributed by atoms with Gasteiger partial charge in [-0.15, -0.1) is 0 Å². The third kappa shape index (κ3) is 7.42. The molecule has 7 nitrogen and oxygen atoms in total. The Morgan fingerprint density at radius 1 is 1.30 bits per heavy atom. The molecule has 0 saturated carbocycles. The lowest BCUT2D eigenvalue weighted by molar-refractivity contribution is -0.154. The standard InChI is InChI=1S/C16H23N3O4/c1-17-15(21)10-18-16(22)14(11-19(23)12-20)9-5-8-13-6-3-2-4-7-13/h2-4,6-7,12,14,23H,5,8-11H2,1H3,(H,17,21)(H,18,22). The van der Waals surface area contributed by atoms with Gasteiger partial charge in [-0.3, -0.25) is 19.6 Å². The van der Waals surface area contributed by atoms with Crippen molar-refractivity contribution in [2.24, 2.45) is 5.92 Å². The zero-order valence-corrected chi connectivity index (χ0v) is 13.2. The number of nitrogens with zero attached hydrogens (tertiary/aromatic N) is 1. The first-order valence-electron chi connectivity index (χ1n) is 7.49. The summed E-state index contributed by atoms with van der Waals surface area (Å²) in [5, 5.41) is 14.7. The van der Waals surface area contributed by atoms with Crippen LogP contribution in [-0.4, -0.2) is 48.6 Å². The van der Waals surface area contributed by atoms with Crippen molar-refractivity contribution < 1.29 is 19.6 Å². The lowest BCUT2D eigenvalue weighted by Gasteiger charge is -2.19. The Balaban J connectivity index is 2.51. The van der Waals surface area contributed by atoms with Crippen LogP contribution in [0.2, 0.25) is 0 Å². The van der Waals surface area contributed by atoms with E-state index in [4.69, 9.17) is 0 Å². The third-order valence-electron chi connectivity index (χ3n) is 3.46. The van der Waals surface area contributed by atoms with E-state index in [2.05, 4.69) is 10.6 Å². The number of hydrogen-bond donors (Lipinski definition) is 3. The smallest absolute Gasteiger partial charge is 0.239 e. The van der Waals surface area contributed by atoms with Crippen LogP contribution in [0.3, 0.4) is 0 Å². The minimum atomic E-state index is -0.571. The minimum absolute atomic E-state index is 0.0993. The van der Waals surface area contributed by atoms with Gasteiger partial charge in [0.15, 0.2) is 0 Å². The maximum atomic E-state index is 12.1. The fourth-order valence-electron chi connectivity index (χ4n) is 2.17. The van der Waals surface area contributed by atoms with Gasteiger partial charge < -0.3 is 10.6 Å². The molecule has 1 aromatic rings. The summed E-state index contributed by atoms with van der Waals surface area (Å²) < 4.78 is 0. The summed E-state index contributed by atoms with van der Waals surface area (Å²) in [6.07, 6.45) is 2.29. The van der Waals surface area contributed by atoms with Crippen LogP contribution in [0.4, 0.5) is 0 Å².